The van der Waals surface area contributed by atoms with Crippen LogP contribution in [0.1, 0.15) is 206 Å². The van der Waals surface area contributed by atoms with Crippen LogP contribution >= 0.6 is 7.60 Å². The maximum atomic E-state index is 13.5. The van der Waals surface area contributed by atoms with Crippen LogP contribution in [0.4, 0.5) is 0 Å². The number of hydrogen-bond donors (Lipinski definition) is 3. The monoisotopic (exact) mass is 715 g/mol. The van der Waals surface area contributed by atoms with Gasteiger partial charge in [-0.15, -0.1) is 0 Å². The number of quaternary nitrogens is 1. The minimum atomic E-state index is -5.00. The number of hydrogen-bond acceptors (Lipinski definition) is 4. The Morgan fingerprint density at radius 1 is 0.531 bits per heavy atom. The molecular weight excluding hydrogens is 633 g/mol. The molecule has 0 saturated carbocycles. The van der Waals surface area contributed by atoms with Gasteiger partial charge in [-0.3, -0.25) is 14.2 Å². The molecule has 3 N–H and O–H groups in total. The third kappa shape index (κ3) is 24.1. The van der Waals surface area contributed by atoms with Crippen LogP contribution < -0.4 is 0 Å². The van der Waals surface area contributed by atoms with E-state index in [4.69, 9.17) is 0 Å². The van der Waals surface area contributed by atoms with E-state index in [1.807, 2.05) is 0 Å². The molecule has 0 aromatic heterocycles. The normalized spacial score (nSPS) is 14.4. The maximum absolute atomic E-state index is 13.5. The molecule has 0 aromatic rings. The van der Waals surface area contributed by atoms with Crippen molar-refractivity contribution in [3.05, 3.63) is 12.2 Å². The van der Waals surface area contributed by atoms with E-state index >= 15 is 0 Å². The van der Waals surface area contributed by atoms with Crippen LogP contribution in [0.25, 0.3) is 0 Å². The number of rotatable bonds is 36. The van der Waals surface area contributed by atoms with Gasteiger partial charge in [-0.25, -0.2) is 0 Å². The highest BCUT2D eigenvalue weighted by atomic mass is 31.2. The fraction of sp³-hybridized carbons (Fsp3) is 0.902. The van der Waals surface area contributed by atoms with Gasteiger partial charge < -0.3 is 19.4 Å². The number of allylic oxidation sites excluding steroid dienone is 2. The molecular formula is C41H81NO6P+. The summed E-state index contributed by atoms with van der Waals surface area (Å²) in [5.74, 6) is -3.33. The van der Waals surface area contributed by atoms with Gasteiger partial charge in [0.2, 0.25) is 11.4 Å². The highest BCUT2D eigenvalue weighted by molar-refractivity contribution is 7.52. The Labute approximate surface area is 303 Å². The SMILES string of the molecule is CCCCCCCC/C=C\CCCCCCCC(=O)C(O)(C(=O)CCCCCCCCCCCCCCCCC)C([N+](C)(C)C)P(=O)(O)O. The lowest BCUT2D eigenvalue weighted by atomic mass is 9.85. The van der Waals surface area contributed by atoms with Crippen LogP contribution in [0.5, 0.6) is 0 Å². The second-order valence-corrected chi connectivity index (χ2v) is 17.4. The van der Waals surface area contributed by atoms with Crippen molar-refractivity contribution in [2.75, 3.05) is 21.1 Å². The second kappa shape index (κ2) is 29.7. The molecule has 8 heteroatoms. The van der Waals surface area contributed by atoms with Crippen molar-refractivity contribution in [2.24, 2.45) is 0 Å². The molecule has 49 heavy (non-hydrogen) atoms. The quantitative estimate of drug-likeness (QED) is 0.0196. The largest absolute Gasteiger partial charge is 0.386 e. The van der Waals surface area contributed by atoms with E-state index in [0.29, 0.717) is 12.8 Å². The molecule has 0 aliphatic rings. The molecule has 7 nitrogen and oxygen atoms in total. The van der Waals surface area contributed by atoms with Crippen LogP contribution in [0, 0.1) is 0 Å². The Balaban J connectivity index is 4.59. The molecule has 0 heterocycles. The van der Waals surface area contributed by atoms with Crippen molar-refractivity contribution in [2.45, 2.75) is 218 Å². The molecule has 0 bridgehead atoms. The maximum Gasteiger partial charge on any atom is 0.386 e. The molecule has 0 fully saturated rings. The fourth-order valence-electron chi connectivity index (χ4n) is 7.09. The van der Waals surface area contributed by atoms with E-state index in [9.17, 15) is 29.0 Å². The van der Waals surface area contributed by atoms with E-state index in [2.05, 4.69) is 26.0 Å². The molecule has 0 amide bonds. The number of carbonyl (C=O) groups is 2. The highest BCUT2D eigenvalue weighted by Crippen LogP contribution is 2.50. The first-order valence-electron chi connectivity index (χ1n) is 20.6. The van der Waals surface area contributed by atoms with Gasteiger partial charge in [0.1, 0.15) is 0 Å². The molecule has 0 saturated heterocycles. The zero-order valence-electron chi connectivity index (χ0n) is 32.9. The topological polar surface area (TPSA) is 112 Å². The van der Waals surface area contributed by atoms with Crippen molar-refractivity contribution >= 4 is 19.2 Å². The van der Waals surface area contributed by atoms with Gasteiger partial charge in [0.15, 0.2) is 11.6 Å². The molecule has 0 aliphatic carbocycles. The van der Waals surface area contributed by atoms with Crippen molar-refractivity contribution in [1.29, 1.82) is 0 Å². The lowest BCUT2D eigenvalue weighted by Gasteiger charge is -2.42. The molecule has 290 valence electrons. The van der Waals surface area contributed by atoms with Crippen molar-refractivity contribution in [3.8, 4) is 0 Å². The smallest absolute Gasteiger partial charge is 0.370 e. The predicted octanol–water partition coefficient (Wildman–Crippen LogP) is 11.4. The molecule has 2 atom stereocenters. The van der Waals surface area contributed by atoms with E-state index < -0.39 is 30.5 Å². The van der Waals surface area contributed by atoms with Crippen LogP contribution in [-0.2, 0) is 14.2 Å². The van der Waals surface area contributed by atoms with Gasteiger partial charge in [0.05, 0.1) is 21.1 Å². The van der Waals surface area contributed by atoms with Crippen LogP contribution in [0.2, 0.25) is 0 Å². The predicted molar refractivity (Wildman–Crippen MR) is 208 cm³/mol. The minimum absolute atomic E-state index is 0.0522. The van der Waals surface area contributed by atoms with Crippen LogP contribution in [-0.4, -0.2) is 63.5 Å². The summed E-state index contributed by atoms with van der Waals surface area (Å²) in [5.41, 5.74) is -2.70. The van der Waals surface area contributed by atoms with E-state index in [-0.39, 0.29) is 17.3 Å². The summed E-state index contributed by atoms with van der Waals surface area (Å²) >= 11 is 0. The lowest BCUT2D eigenvalue weighted by Crippen LogP contribution is -2.65. The first-order valence-corrected chi connectivity index (χ1v) is 22.3. The van der Waals surface area contributed by atoms with Crippen LogP contribution in [0.3, 0.4) is 0 Å². The van der Waals surface area contributed by atoms with Gasteiger partial charge in [0.25, 0.3) is 0 Å². The van der Waals surface area contributed by atoms with E-state index in [0.717, 1.165) is 57.8 Å². The summed E-state index contributed by atoms with van der Waals surface area (Å²) in [6.07, 6.45) is 36.7. The van der Waals surface area contributed by atoms with Gasteiger partial charge in [-0.1, -0.05) is 167 Å². The molecule has 0 rings (SSSR count). The van der Waals surface area contributed by atoms with Crippen molar-refractivity contribution in [1.82, 2.24) is 0 Å². The van der Waals surface area contributed by atoms with Gasteiger partial charge in [0, 0.05) is 12.8 Å². The standard InChI is InChI=1S/C41H80NO6P/c1-6-8-10-12-14-16-18-20-22-24-26-28-30-32-34-36-38(43)41(45,40(42(3,4)5)49(46,47)48)39(44)37-35-33-31-29-27-25-23-21-19-17-15-13-11-9-7-2/h20,22,40,45H,6-19,21,23-37H2,1-5H3,(H-,46,47,48)/p+1/b22-20-. The third-order valence-electron chi connectivity index (χ3n) is 9.95. The Kier molecular flexibility index (Phi) is 29.2. The highest BCUT2D eigenvalue weighted by Gasteiger charge is 2.63. The number of ketones is 2. The molecule has 2 unspecified atom stereocenters. The molecule has 0 radical (unpaired) electrons. The minimum Gasteiger partial charge on any atom is -0.370 e. The Morgan fingerprint density at radius 2 is 0.796 bits per heavy atom. The number of nitrogens with zero attached hydrogens (tertiary/aromatic N) is 1. The average Bonchev–Trinajstić information content (AvgIpc) is 3.03. The summed E-state index contributed by atoms with van der Waals surface area (Å²) in [5, 5.41) is 11.7. The summed E-state index contributed by atoms with van der Waals surface area (Å²) in [6.45, 7) is 4.49. The number of aliphatic hydroxyl groups is 1. The zero-order chi connectivity index (χ0) is 36.9. The summed E-state index contributed by atoms with van der Waals surface area (Å²) in [7, 11) is -0.446. The molecule has 0 aliphatic heterocycles. The number of likely N-dealkylation sites (N-methyl/N-ethyl adjacent to an activating group) is 1. The van der Waals surface area contributed by atoms with Gasteiger partial charge in [-0.05, 0) is 38.5 Å². The van der Waals surface area contributed by atoms with Gasteiger partial charge in [-0.2, -0.15) is 0 Å². The number of Topliss-reactive ketones (excluding diaryl/α,β-unsaturated/α-hetero) is 2. The summed E-state index contributed by atoms with van der Waals surface area (Å²) in [4.78, 5) is 47.6. The molecule has 0 spiro atoms. The summed E-state index contributed by atoms with van der Waals surface area (Å²) in [6, 6.07) is 0. The number of unbranched alkanes of at least 4 members (excludes halogenated alkanes) is 25. The molecule has 0 aromatic carbocycles. The van der Waals surface area contributed by atoms with E-state index in [1.54, 1.807) is 0 Å². The third-order valence-corrected chi connectivity index (χ3v) is 11.7. The van der Waals surface area contributed by atoms with Crippen molar-refractivity contribution in [3.63, 3.8) is 0 Å². The Morgan fingerprint density at radius 3 is 1.06 bits per heavy atom. The van der Waals surface area contributed by atoms with E-state index in [1.165, 1.54) is 130 Å². The van der Waals surface area contributed by atoms with Crippen LogP contribution in [0.15, 0.2) is 12.2 Å². The van der Waals surface area contributed by atoms with Gasteiger partial charge >= 0.3 is 7.60 Å². The first-order chi connectivity index (χ1) is 23.3. The van der Waals surface area contributed by atoms with Crippen molar-refractivity contribution < 1.29 is 33.5 Å². The second-order valence-electron chi connectivity index (χ2n) is 15.7. The zero-order valence-corrected chi connectivity index (χ0v) is 33.8. The fourth-order valence-corrected chi connectivity index (χ4v) is 8.77. The Hall–Kier alpha value is -0.850. The average molecular weight is 715 g/mol. The summed E-state index contributed by atoms with van der Waals surface area (Å²) < 4.78 is 12.3. The first kappa shape index (κ1) is 48.1. The lowest BCUT2D eigenvalue weighted by molar-refractivity contribution is -0.887. The number of carbonyl (C=O) groups excluding carboxylic acids is 2. The Bertz CT molecular complexity index is 895.